The molecule has 7 nitrogen and oxygen atoms in total. The zero-order valence-corrected chi connectivity index (χ0v) is 20.2. The van der Waals surface area contributed by atoms with Gasteiger partial charge in [-0.15, -0.1) is 24.0 Å². The van der Waals surface area contributed by atoms with Crippen LogP contribution in [0.2, 0.25) is 5.02 Å². The molecule has 0 aliphatic carbocycles. The fraction of sp³-hybridized carbons (Fsp3) is 0.600. The summed E-state index contributed by atoms with van der Waals surface area (Å²) in [5.74, 6) is 1.38. The van der Waals surface area contributed by atoms with E-state index < -0.39 is 0 Å². The number of aliphatic imine (C=N–C) groups is 1. The van der Waals surface area contributed by atoms with Crippen molar-refractivity contribution in [1.82, 2.24) is 15.1 Å². The summed E-state index contributed by atoms with van der Waals surface area (Å²) in [5.41, 5.74) is 1.15. The topological polar surface area (TPSA) is 60.4 Å². The van der Waals surface area contributed by atoms with Gasteiger partial charge in [-0.25, -0.2) is 0 Å². The predicted molar refractivity (Wildman–Crippen MR) is 129 cm³/mol. The summed E-state index contributed by atoms with van der Waals surface area (Å²) >= 11 is 5.96. The number of ether oxygens (including phenoxy) is 1. The molecule has 2 aliphatic rings. The van der Waals surface area contributed by atoms with Crippen LogP contribution < -0.4 is 10.2 Å². The van der Waals surface area contributed by atoms with Gasteiger partial charge in [0, 0.05) is 70.1 Å². The molecule has 2 fully saturated rings. The molecule has 1 unspecified atom stereocenters. The Hall–Kier alpha value is -1.26. The third kappa shape index (κ3) is 6.89. The van der Waals surface area contributed by atoms with Gasteiger partial charge in [-0.05, 0) is 30.7 Å². The van der Waals surface area contributed by atoms with Crippen LogP contribution in [0, 0.1) is 5.92 Å². The van der Waals surface area contributed by atoms with Crippen LogP contribution in [0.3, 0.4) is 0 Å². The van der Waals surface area contributed by atoms with Gasteiger partial charge < -0.3 is 24.8 Å². The van der Waals surface area contributed by atoms with Gasteiger partial charge in [-0.3, -0.25) is 9.79 Å². The second-order valence-corrected chi connectivity index (χ2v) is 7.79. The van der Waals surface area contributed by atoms with Crippen molar-refractivity contribution < 1.29 is 9.53 Å². The number of hydrogen-bond donors (Lipinski definition) is 1. The average Bonchev–Trinajstić information content (AvgIpc) is 3.22. The Morgan fingerprint density at radius 3 is 2.55 bits per heavy atom. The lowest BCUT2D eigenvalue weighted by molar-refractivity contribution is -0.130. The fourth-order valence-electron chi connectivity index (χ4n) is 3.72. The molecule has 2 heterocycles. The summed E-state index contributed by atoms with van der Waals surface area (Å²) in [4.78, 5) is 23.2. The fourth-order valence-corrected chi connectivity index (χ4v) is 3.84. The molecule has 1 aromatic rings. The van der Waals surface area contributed by atoms with Crippen LogP contribution in [-0.2, 0) is 9.53 Å². The summed E-state index contributed by atoms with van der Waals surface area (Å²) in [6.07, 6.45) is 1.08. The first-order valence-corrected chi connectivity index (χ1v) is 10.2. The zero-order chi connectivity index (χ0) is 19.9. The van der Waals surface area contributed by atoms with Gasteiger partial charge in [-0.2, -0.15) is 0 Å². The highest BCUT2D eigenvalue weighted by atomic mass is 127. The van der Waals surface area contributed by atoms with Gasteiger partial charge >= 0.3 is 0 Å². The summed E-state index contributed by atoms with van der Waals surface area (Å²) in [6.45, 7) is 5.87. The van der Waals surface area contributed by atoms with Crippen LogP contribution in [0.15, 0.2) is 29.3 Å². The van der Waals surface area contributed by atoms with Gasteiger partial charge in [0.25, 0.3) is 0 Å². The van der Waals surface area contributed by atoms with E-state index in [1.54, 1.807) is 7.05 Å². The van der Waals surface area contributed by atoms with Crippen LogP contribution in [0.1, 0.15) is 6.42 Å². The van der Waals surface area contributed by atoms with Crippen molar-refractivity contribution in [3.63, 3.8) is 0 Å². The van der Waals surface area contributed by atoms with E-state index in [0.717, 1.165) is 69.0 Å². The number of guanidine groups is 1. The molecule has 2 saturated heterocycles. The standard InChI is InChI=1S/C20H30ClN5O2.HI/c1-22-20(24(2)14-16-7-12-28-15-16)23-13-19(27)26-10-8-25(9-11-26)18-5-3-17(21)4-6-18;/h3-6,16H,7-15H2,1-2H3,(H,22,23);1H. The SMILES string of the molecule is CN=C(NCC(=O)N1CCN(c2ccc(Cl)cc2)CC1)N(C)CC1CCOC1.I. The van der Waals surface area contributed by atoms with Crippen LogP contribution in [-0.4, -0.2) is 88.2 Å². The number of piperazine rings is 1. The molecule has 0 bridgehead atoms. The van der Waals surface area contributed by atoms with Crippen LogP contribution in [0.5, 0.6) is 0 Å². The maximum Gasteiger partial charge on any atom is 0.242 e. The lowest BCUT2D eigenvalue weighted by Gasteiger charge is -2.36. The molecular formula is C20H31ClIN5O2. The van der Waals surface area contributed by atoms with E-state index in [9.17, 15) is 4.79 Å². The van der Waals surface area contributed by atoms with Crippen molar-refractivity contribution in [2.45, 2.75) is 6.42 Å². The van der Waals surface area contributed by atoms with Crippen molar-refractivity contribution >= 4 is 53.1 Å². The number of nitrogens with zero attached hydrogens (tertiary/aromatic N) is 4. The predicted octanol–water partition coefficient (Wildman–Crippen LogP) is 2.15. The Labute approximate surface area is 195 Å². The highest BCUT2D eigenvalue weighted by Gasteiger charge is 2.23. The van der Waals surface area contributed by atoms with Gasteiger partial charge in [0.15, 0.2) is 5.96 Å². The van der Waals surface area contributed by atoms with Crippen molar-refractivity contribution in [3.05, 3.63) is 29.3 Å². The highest BCUT2D eigenvalue weighted by molar-refractivity contribution is 14.0. The maximum atomic E-state index is 12.6. The van der Waals surface area contributed by atoms with Crippen LogP contribution in [0.25, 0.3) is 0 Å². The molecule has 1 atom stereocenters. The van der Waals surface area contributed by atoms with E-state index in [1.165, 1.54) is 0 Å². The lowest BCUT2D eigenvalue weighted by Crippen LogP contribution is -2.52. The molecule has 1 aromatic carbocycles. The highest BCUT2D eigenvalue weighted by Crippen LogP contribution is 2.19. The zero-order valence-electron chi connectivity index (χ0n) is 17.1. The maximum absolute atomic E-state index is 12.6. The molecule has 3 rings (SSSR count). The Balaban J connectivity index is 0.00000300. The first-order chi connectivity index (χ1) is 13.6. The third-order valence-electron chi connectivity index (χ3n) is 5.35. The lowest BCUT2D eigenvalue weighted by atomic mass is 10.1. The monoisotopic (exact) mass is 535 g/mol. The first-order valence-electron chi connectivity index (χ1n) is 9.84. The number of carbonyl (C=O) groups is 1. The minimum atomic E-state index is 0. The normalized spacial score (nSPS) is 19.7. The van der Waals surface area contributed by atoms with Gasteiger partial charge in [0.1, 0.15) is 0 Å². The number of rotatable bonds is 5. The van der Waals surface area contributed by atoms with Gasteiger partial charge in [0.2, 0.25) is 5.91 Å². The molecule has 2 aliphatic heterocycles. The van der Waals surface area contributed by atoms with Crippen molar-refractivity contribution in [1.29, 1.82) is 0 Å². The number of carbonyl (C=O) groups excluding carboxylic acids is 1. The first kappa shape index (κ1) is 24.0. The molecular weight excluding hydrogens is 505 g/mol. The summed E-state index contributed by atoms with van der Waals surface area (Å²) in [6, 6.07) is 7.85. The molecule has 1 N–H and O–H groups in total. The Morgan fingerprint density at radius 1 is 1.28 bits per heavy atom. The Bertz CT molecular complexity index is 674. The second-order valence-electron chi connectivity index (χ2n) is 7.36. The van der Waals surface area contributed by atoms with Crippen LogP contribution in [0.4, 0.5) is 5.69 Å². The van der Waals surface area contributed by atoms with E-state index in [2.05, 4.69) is 20.1 Å². The third-order valence-corrected chi connectivity index (χ3v) is 5.60. The second kappa shape index (κ2) is 11.8. The van der Waals surface area contributed by atoms with Gasteiger partial charge in [-0.1, -0.05) is 11.6 Å². The molecule has 1 amide bonds. The quantitative estimate of drug-likeness (QED) is 0.356. The summed E-state index contributed by atoms with van der Waals surface area (Å²) in [7, 11) is 3.75. The van der Waals surface area contributed by atoms with E-state index in [1.807, 2.05) is 36.2 Å². The molecule has 0 radical (unpaired) electrons. The van der Waals surface area contributed by atoms with E-state index >= 15 is 0 Å². The van der Waals surface area contributed by atoms with Crippen LogP contribution >= 0.6 is 35.6 Å². The van der Waals surface area contributed by atoms with Crippen molar-refractivity contribution in [3.8, 4) is 0 Å². The molecule has 162 valence electrons. The van der Waals surface area contributed by atoms with Crippen molar-refractivity contribution in [2.24, 2.45) is 10.9 Å². The van der Waals surface area contributed by atoms with Crippen molar-refractivity contribution in [2.75, 3.05) is 71.5 Å². The number of nitrogens with one attached hydrogen (secondary N) is 1. The van der Waals surface area contributed by atoms with Gasteiger partial charge in [0.05, 0.1) is 13.2 Å². The van der Waals surface area contributed by atoms with E-state index in [4.69, 9.17) is 16.3 Å². The Kier molecular flexibility index (Phi) is 9.78. The Morgan fingerprint density at radius 2 is 1.97 bits per heavy atom. The minimum Gasteiger partial charge on any atom is -0.381 e. The molecule has 0 saturated carbocycles. The smallest absolute Gasteiger partial charge is 0.242 e. The van der Waals surface area contributed by atoms with E-state index in [-0.39, 0.29) is 36.4 Å². The largest absolute Gasteiger partial charge is 0.381 e. The molecule has 29 heavy (non-hydrogen) atoms. The number of benzene rings is 1. The number of anilines is 1. The number of halogens is 2. The average molecular weight is 536 g/mol. The number of hydrogen-bond acceptors (Lipinski definition) is 4. The number of amides is 1. The minimum absolute atomic E-state index is 0. The summed E-state index contributed by atoms with van der Waals surface area (Å²) in [5, 5.41) is 3.94. The van der Waals surface area contributed by atoms with E-state index in [0.29, 0.717) is 5.92 Å². The molecule has 9 heteroatoms. The molecule has 0 aromatic heterocycles. The molecule has 0 spiro atoms. The summed E-state index contributed by atoms with van der Waals surface area (Å²) < 4.78 is 5.44.